The number of rotatable bonds is 10. The van der Waals surface area contributed by atoms with Gasteiger partial charge in [-0.05, 0) is 6.42 Å². The average Bonchev–Trinajstić information content (AvgIpc) is 2.29. The molecular weight excluding hydrogens is 274 g/mol. The fourth-order valence-electron chi connectivity index (χ4n) is 1.15. The summed E-state index contributed by atoms with van der Waals surface area (Å²) in [7, 11) is 0. The molecule has 0 saturated heterocycles. The predicted octanol–water partition coefficient (Wildman–Crippen LogP) is -1.57. The lowest BCUT2D eigenvalue weighted by Crippen LogP contribution is -2.41. The van der Waals surface area contributed by atoms with Gasteiger partial charge in [0.25, 0.3) is 0 Å². The minimum absolute atomic E-state index is 0.0508. The van der Waals surface area contributed by atoms with Crippen LogP contribution in [0.15, 0.2) is 0 Å². The van der Waals surface area contributed by atoms with E-state index in [0.717, 1.165) is 0 Å². The fraction of sp³-hybridized carbons (Fsp3) is 0.600. The minimum atomic E-state index is -1.22. The number of hydrogen-bond donors (Lipinski definition) is 4. The first-order valence-corrected chi connectivity index (χ1v) is 6.65. The Labute approximate surface area is 114 Å². The van der Waals surface area contributed by atoms with Crippen molar-refractivity contribution in [1.82, 2.24) is 5.32 Å². The number of aliphatic carboxylic acids is 1. The zero-order valence-electron chi connectivity index (χ0n) is 10.3. The number of primary amides is 2. The van der Waals surface area contributed by atoms with E-state index in [1.165, 1.54) is 11.8 Å². The Morgan fingerprint density at radius 3 is 2.21 bits per heavy atom. The molecule has 0 radical (unpaired) electrons. The number of nitrogens with one attached hydrogen (secondary N) is 1. The fourth-order valence-corrected chi connectivity index (χ4v) is 1.82. The van der Waals surface area contributed by atoms with E-state index < -0.39 is 29.7 Å². The molecule has 0 aliphatic rings. The van der Waals surface area contributed by atoms with Gasteiger partial charge in [0.1, 0.15) is 6.04 Å². The molecule has 1 unspecified atom stereocenters. The normalized spacial score (nSPS) is 11.6. The predicted molar refractivity (Wildman–Crippen MR) is 69.1 cm³/mol. The van der Waals surface area contributed by atoms with Crippen LogP contribution in [0.1, 0.15) is 19.3 Å². The second kappa shape index (κ2) is 9.20. The molecule has 0 bridgehead atoms. The van der Waals surface area contributed by atoms with Crippen LogP contribution in [0.3, 0.4) is 0 Å². The van der Waals surface area contributed by atoms with Gasteiger partial charge in [0, 0.05) is 18.6 Å². The van der Waals surface area contributed by atoms with Crippen LogP contribution in [0, 0.1) is 0 Å². The van der Waals surface area contributed by atoms with Crippen LogP contribution < -0.4 is 16.8 Å². The van der Waals surface area contributed by atoms with E-state index in [1.807, 2.05) is 0 Å². The zero-order chi connectivity index (χ0) is 14.8. The number of carbonyl (C=O) groups is 4. The lowest BCUT2D eigenvalue weighted by Gasteiger charge is -2.13. The number of amides is 3. The largest absolute Gasteiger partial charge is 0.480 e. The quantitative estimate of drug-likeness (QED) is 0.357. The van der Waals surface area contributed by atoms with E-state index in [2.05, 4.69) is 5.32 Å². The number of nitrogens with two attached hydrogens (primary N) is 2. The first-order chi connectivity index (χ1) is 8.82. The first-order valence-electron chi connectivity index (χ1n) is 5.49. The molecule has 0 aliphatic heterocycles. The highest BCUT2D eigenvalue weighted by atomic mass is 32.2. The Hall–Kier alpha value is -1.77. The lowest BCUT2D eigenvalue weighted by molar-refractivity contribution is -0.142. The van der Waals surface area contributed by atoms with E-state index in [9.17, 15) is 19.2 Å². The van der Waals surface area contributed by atoms with Crippen LogP contribution >= 0.6 is 11.8 Å². The summed E-state index contributed by atoms with van der Waals surface area (Å²) in [5.74, 6) is -2.32. The number of thioether (sulfide) groups is 1. The molecule has 0 rings (SSSR count). The molecule has 0 aromatic heterocycles. The molecule has 3 amide bonds. The highest BCUT2D eigenvalue weighted by molar-refractivity contribution is 7.99. The second-order valence-corrected chi connectivity index (χ2v) is 4.84. The summed E-state index contributed by atoms with van der Waals surface area (Å²) in [4.78, 5) is 43.3. The molecule has 6 N–H and O–H groups in total. The van der Waals surface area contributed by atoms with Crippen LogP contribution in [-0.4, -0.2) is 46.3 Å². The van der Waals surface area contributed by atoms with Gasteiger partial charge in [0.2, 0.25) is 17.7 Å². The molecule has 0 heterocycles. The van der Waals surface area contributed by atoms with Gasteiger partial charge in [0.05, 0.1) is 5.75 Å². The van der Waals surface area contributed by atoms with Crippen LogP contribution in [0.5, 0.6) is 0 Å². The van der Waals surface area contributed by atoms with Crippen molar-refractivity contribution in [3.63, 3.8) is 0 Å². The summed E-state index contributed by atoms with van der Waals surface area (Å²) in [6.45, 7) is 0. The van der Waals surface area contributed by atoms with Gasteiger partial charge in [-0.15, -0.1) is 0 Å². The van der Waals surface area contributed by atoms with Crippen molar-refractivity contribution in [2.75, 3.05) is 11.5 Å². The van der Waals surface area contributed by atoms with Crippen molar-refractivity contribution in [2.24, 2.45) is 11.5 Å². The summed E-state index contributed by atoms with van der Waals surface area (Å²) in [5, 5.41) is 11.1. The summed E-state index contributed by atoms with van der Waals surface area (Å²) in [6, 6.07) is -1.14. The third-order valence-electron chi connectivity index (χ3n) is 2.03. The van der Waals surface area contributed by atoms with Crippen molar-refractivity contribution in [1.29, 1.82) is 0 Å². The molecule has 0 saturated carbocycles. The standard InChI is InChI=1S/C10H17N3O5S/c11-7(14)2-1-6(10(17)18)13-9(16)3-4-19-5-8(12)15/h6H,1-5H2,(H2,11,14)(H2,12,15)(H,13,16)(H,17,18). The molecule has 1 atom stereocenters. The van der Waals surface area contributed by atoms with Gasteiger partial charge in [0.15, 0.2) is 0 Å². The first kappa shape index (κ1) is 17.2. The van der Waals surface area contributed by atoms with E-state index in [1.54, 1.807) is 0 Å². The molecule has 108 valence electrons. The summed E-state index contributed by atoms with van der Waals surface area (Å²) >= 11 is 1.19. The van der Waals surface area contributed by atoms with Crippen molar-refractivity contribution < 1.29 is 24.3 Å². The van der Waals surface area contributed by atoms with E-state index in [4.69, 9.17) is 16.6 Å². The summed E-state index contributed by atoms with van der Waals surface area (Å²) in [5.41, 5.74) is 9.82. The zero-order valence-corrected chi connectivity index (χ0v) is 11.1. The Morgan fingerprint density at radius 1 is 1.11 bits per heavy atom. The third-order valence-corrected chi connectivity index (χ3v) is 3.01. The smallest absolute Gasteiger partial charge is 0.326 e. The van der Waals surface area contributed by atoms with Gasteiger partial charge in [-0.3, -0.25) is 14.4 Å². The molecule has 0 spiro atoms. The van der Waals surface area contributed by atoms with E-state index in [0.29, 0.717) is 5.75 Å². The highest BCUT2D eigenvalue weighted by Crippen LogP contribution is 2.03. The van der Waals surface area contributed by atoms with Crippen molar-refractivity contribution in [3.8, 4) is 0 Å². The Balaban J connectivity index is 3.99. The molecule has 0 aromatic rings. The molecular formula is C10H17N3O5S. The van der Waals surface area contributed by atoms with Crippen LogP contribution in [0.2, 0.25) is 0 Å². The molecule has 19 heavy (non-hydrogen) atoms. The van der Waals surface area contributed by atoms with Crippen molar-refractivity contribution in [3.05, 3.63) is 0 Å². The molecule has 0 aromatic carbocycles. The van der Waals surface area contributed by atoms with Crippen LogP contribution in [-0.2, 0) is 19.2 Å². The SMILES string of the molecule is NC(=O)CCC(NC(=O)CCSCC(N)=O)C(=O)O. The number of hydrogen-bond acceptors (Lipinski definition) is 5. The van der Waals surface area contributed by atoms with Crippen molar-refractivity contribution in [2.45, 2.75) is 25.3 Å². The highest BCUT2D eigenvalue weighted by Gasteiger charge is 2.20. The Bertz CT molecular complexity index is 361. The average molecular weight is 291 g/mol. The maximum Gasteiger partial charge on any atom is 0.326 e. The maximum absolute atomic E-state index is 11.4. The Kier molecular flexibility index (Phi) is 8.34. The number of carboxylic acids is 1. The second-order valence-electron chi connectivity index (χ2n) is 3.73. The number of carboxylic acid groups (broad SMARTS) is 1. The van der Waals surface area contributed by atoms with Crippen LogP contribution in [0.25, 0.3) is 0 Å². The van der Waals surface area contributed by atoms with E-state index in [-0.39, 0.29) is 25.0 Å². The van der Waals surface area contributed by atoms with Gasteiger partial charge < -0.3 is 21.9 Å². The minimum Gasteiger partial charge on any atom is -0.480 e. The Morgan fingerprint density at radius 2 is 1.74 bits per heavy atom. The van der Waals surface area contributed by atoms with Gasteiger partial charge in [-0.2, -0.15) is 11.8 Å². The topological polar surface area (TPSA) is 153 Å². The third kappa shape index (κ3) is 9.89. The summed E-state index contributed by atoms with van der Waals surface area (Å²) < 4.78 is 0. The molecule has 0 aliphatic carbocycles. The van der Waals surface area contributed by atoms with Gasteiger partial charge >= 0.3 is 5.97 Å². The maximum atomic E-state index is 11.4. The number of carbonyl (C=O) groups excluding carboxylic acids is 3. The van der Waals surface area contributed by atoms with Gasteiger partial charge in [-0.25, -0.2) is 4.79 Å². The molecule has 0 fully saturated rings. The lowest BCUT2D eigenvalue weighted by atomic mass is 10.1. The monoisotopic (exact) mass is 291 g/mol. The van der Waals surface area contributed by atoms with Gasteiger partial charge in [-0.1, -0.05) is 0 Å². The van der Waals surface area contributed by atoms with Crippen molar-refractivity contribution >= 4 is 35.5 Å². The van der Waals surface area contributed by atoms with E-state index >= 15 is 0 Å². The molecule has 9 heteroatoms. The molecule has 8 nitrogen and oxygen atoms in total. The van der Waals surface area contributed by atoms with Crippen LogP contribution in [0.4, 0.5) is 0 Å². The summed E-state index contributed by atoms with van der Waals surface area (Å²) in [6.07, 6.45) is -0.100.